The number of hydrogen-bond acceptors (Lipinski definition) is 2. The van der Waals surface area contributed by atoms with E-state index in [1.54, 1.807) is 11.3 Å². The molecule has 1 aromatic rings. The fourth-order valence-corrected chi connectivity index (χ4v) is 3.15. The maximum absolute atomic E-state index is 3.67. The molecule has 2 unspecified atom stereocenters. The second-order valence-electron chi connectivity index (χ2n) is 5.30. The van der Waals surface area contributed by atoms with Crippen molar-refractivity contribution in [2.75, 3.05) is 6.54 Å². The van der Waals surface area contributed by atoms with E-state index in [0.717, 1.165) is 12.5 Å². The smallest absolute Gasteiger partial charge is 0.00416 e. The minimum Gasteiger partial charge on any atom is -0.314 e. The van der Waals surface area contributed by atoms with Crippen LogP contribution >= 0.6 is 11.3 Å². The summed E-state index contributed by atoms with van der Waals surface area (Å²) in [6.45, 7) is 5.76. The Bertz CT molecular complexity index is 290. The van der Waals surface area contributed by atoms with Crippen LogP contribution in [0.4, 0.5) is 0 Å². The molecule has 1 N–H and O–H groups in total. The zero-order valence-corrected chi connectivity index (χ0v) is 11.2. The van der Waals surface area contributed by atoms with E-state index in [4.69, 9.17) is 0 Å². The largest absolute Gasteiger partial charge is 0.314 e. The monoisotopic (exact) mass is 237 g/mol. The lowest BCUT2D eigenvalue weighted by Gasteiger charge is -2.29. The van der Waals surface area contributed by atoms with Gasteiger partial charge in [0.15, 0.2) is 0 Å². The number of nitrogens with one attached hydrogen (secondary N) is 1. The molecule has 1 aliphatic carbocycles. The van der Waals surface area contributed by atoms with Crippen molar-refractivity contribution in [1.29, 1.82) is 0 Å². The molecule has 0 aromatic carbocycles. The summed E-state index contributed by atoms with van der Waals surface area (Å²) in [5.41, 5.74) is 1.48. The van der Waals surface area contributed by atoms with Crippen molar-refractivity contribution in [1.82, 2.24) is 5.32 Å². The van der Waals surface area contributed by atoms with Crippen LogP contribution in [-0.2, 0) is 0 Å². The lowest BCUT2D eigenvalue weighted by atomic mass is 9.81. The number of thiophene rings is 1. The van der Waals surface area contributed by atoms with Gasteiger partial charge in [-0.05, 0) is 47.6 Å². The first-order valence-electron chi connectivity index (χ1n) is 6.51. The highest BCUT2D eigenvalue weighted by molar-refractivity contribution is 7.07. The van der Waals surface area contributed by atoms with Gasteiger partial charge in [0.25, 0.3) is 0 Å². The van der Waals surface area contributed by atoms with Crippen LogP contribution in [0.25, 0.3) is 0 Å². The molecule has 0 spiro atoms. The van der Waals surface area contributed by atoms with E-state index >= 15 is 0 Å². The van der Waals surface area contributed by atoms with E-state index in [-0.39, 0.29) is 0 Å². The summed E-state index contributed by atoms with van der Waals surface area (Å²) in [6.07, 6.45) is 5.76. The average Bonchev–Trinajstić information content (AvgIpc) is 2.73. The molecular formula is C14H23NS. The van der Waals surface area contributed by atoms with E-state index < -0.39 is 0 Å². The van der Waals surface area contributed by atoms with E-state index in [9.17, 15) is 0 Å². The molecule has 2 atom stereocenters. The zero-order valence-electron chi connectivity index (χ0n) is 10.4. The molecule has 1 heterocycles. The van der Waals surface area contributed by atoms with Crippen LogP contribution in [0.15, 0.2) is 16.8 Å². The number of rotatable bonds is 6. The Morgan fingerprint density at radius 2 is 2.25 bits per heavy atom. The first-order chi connectivity index (χ1) is 7.75. The molecule has 1 saturated carbocycles. The van der Waals surface area contributed by atoms with Crippen LogP contribution < -0.4 is 5.32 Å². The maximum atomic E-state index is 3.67. The van der Waals surface area contributed by atoms with E-state index in [0.29, 0.717) is 12.0 Å². The molecule has 0 bridgehead atoms. The predicted molar refractivity (Wildman–Crippen MR) is 72.2 cm³/mol. The SMILES string of the molecule is CC(CC1CCC1)NCC(C)c1ccsc1. The van der Waals surface area contributed by atoms with Gasteiger partial charge in [-0.1, -0.05) is 26.2 Å². The molecule has 0 saturated heterocycles. The van der Waals surface area contributed by atoms with Gasteiger partial charge in [0.05, 0.1) is 0 Å². The topological polar surface area (TPSA) is 12.0 Å². The molecule has 0 aliphatic heterocycles. The molecule has 1 nitrogen and oxygen atoms in total. The summed E-state index contributed by atoms with van der Waals surface area (Å²) in [4.78, 5) is 0. The summed E-state index contributed by atoms with van der Waals surface area (Å²) in [6, 6.07) is 2.93. The van der Waals surface area contributed by atoms with Crippen molar-refractivity contribution in [2.45, 2.75) is 51.5 Å². The highest BCUT2D eigenvalue weighted by Gasteiger charge is 2.19. The van der Waals surface area contributed by atoms with Crippen LogP contribution in [0.2, 0.25) is 0 Å². The third kappa shape index (κ3) is 3.33. The first kappa shape index (κ1) is 12.1. The van der Waals surface area contributed by atoms with Crippen LogP contribution in [0.5, 0.6) is 0 Å². The molecule has 1 fully saturated rings. The van der Waals surface area contributed by atoms with Gasteiger partial charge in [0, 0.05) is 12.6 Å². The molecular weight excluding hydrogens is 214 g/mol. The highest BCUT2D eigenvalue weighted by atomic mass is 32.1. The van der Waals surface area contributed by atoms with Crippen molar-refractivity contribution >= 4 is 11.3 Å². The minimum absolute atomic E-state index is 0.648. The Kier molecular flexibility index (Phi) is 4.42. The summed E-state index contributed by atoms with van der Waals surface area (Å²) >= 11 is 1.80. The van der Waals surface area contributed by atoms with Gasteiger partial charge >= 0.3 is 0 Å². The van der Waals surface area contributed by atoms with E-state index in [1.807, 2.05) is 0 Å². The van der Waals surface area contributed by atoms with Crippen LogP contribution in [-0.4, -0.2) is 12.6 Å². The van der Waals surface area contributed by atoms with Gasteiger partial charge in [-0.25, -0.2) is 0 Å². The Labute approximate surface area is 103 Å². The second kappa shape index (κ2) is 5.83. The minimum atomic E-state index is 0.648. The Morgan fingerprint density at radius 1 is 1.44 bits per heavy atom. The van der Waals surface area contributed by atoms with Gasteiger partial charge < -0.3 is 5.32 Å². The van der Waals surface area contributed by atoms with Crippen LogP contribution in [0, 0.1) is 5.92 Å². The molecule has 2 rings (SSSR count). The third-order valence-corrected chi connectivity index (χ3v) is 4.50. The fraction of sp³-hybridized carbons (Fsp3) is 0.714. The predicted octanol–water partition coefficient (Wildman–Crippen LogP) is 4.02. The normalized spacial score (nSPS) is 20.4. The van der Waals surface area contributed by atoms with E-state index in [1.165, 1.54) is 31.2 Å². The number of hydrogen-bond donors (Lipinski definition) is 1. The van der Waals surface area contributed by atoms with Crippen molar-refractivity contribution in [3.8, 4) is 0 Å². The Hall–Kier alpha value is -0.340. The summed E-state index contributed by atoms with van der Waals surface area (Å²) in [5, 5.41) is 8.11. The lowest BCUT2D eigenvalue weighted by molar-refractivity contribution is 0.265. The molecule has 0 radical (unpaired) electrons. The van der Waals surface area contributed by atoms with Crippen molar-refractivity contribution in [3.63, 3.8) is 0 Å². The van der Waals surface area contributed by atoms with Crippen LogP contribution in [0.1, 0.15) is 51.0 Å². The molecule has 2 heteroatoms. The second-order valence-corrected chi connectivity index (χ2v) is 6.08. The fourth-order valence-electron chi connectivity index (χ4n) is 2.36. The quantitative estimate of drug-likeness (QED) is 0.788. The zero-order chi connectivity index (χ0) is 11.4. The average molecular weight is 237 g/mol. The molecule has 16 heavy (non-hydrogen) atoms. The van der Waals surface area contributed by atoms with Gasteiger partial charge in [-0.3, -0.25) is 0 Å². The summed E-state index contributed by atoms with van der Waals surface area (Å²) in [5.74, 6) is 1.66. The highest BCUT2D eigenvalue weighted by Crippen LogP contribution is 2.30. The summed E-state index contributed by atoms with van der Waals surface area (Å²) in [7, 11) is 0. The maximum Gasteiger partial charge on any atom is 0.00416 e. The molecule has 90 valence electrons. The Balaban J connectivity index is 1.66. The third-order valence-electron chi connectivity index (χ3n) is 3.80. The van der Waals surface area contributed by atoms with Crippen molar-refractivity contribution in [3.05, 3.63) is 22.4 Å². The Morgan fingerprint density at radius 3 is 2.81 bits per heavy atom. The van der Waals surface area contributed by atoms with E-state index in [2.05, 4.69) is 36.0 Å². The van der Waals surface area contributed by atoms with Crippen molar-refractivity contribution < 1.29 is 0 Å². The molecule has 1 aromatic heterocycles. The summed E-state index contributed by atoms with van der Waals surface area (Å²) < 4.78 is 0. The van der Waals surface area contributed by atoms with Gasteiger partial charge in [-0.15, -0.1) is 0 Å². The lowest BCUT2D eigenvalue weighted by Crippen LogP contribution is -2.32. The molecule has 0 amide bonds. The van der Waals surface area contributed by atoms with Gasteiger partial charge in [-0.2, -0.15) is 11.3 Å². The van der Waals surface area contributed by atoms with Crippen molar-refractivity contribution in [2.24, 2.45) is 5.92 Å². The van der Waals surface area contributed by atoms with Gasteiger partial charge in [0.2, 0.25) is 0 Å². The molecule has 1 aliphatic rings. The van der Waals surface area contributed by atoms with Crippen LogP contribution in [0.3, 0.4) is 0 Å². The van der Waals surface area contributed by atoms with Gasteiger partial charge in [0.1, 0.15) is 0 Å². The standard InChI is InChI=1S/C14H23NS/c1-11(14-6-7-16-10-14)9-15-12(2)8-13-4-3-5-13/h6-7,10-13,15H,3-5,8-9H2,1-2H3. The first-order valence-corrected chi connectivity index (χ1v) is 7.45.